The smallest absolute Gasteiger partial charge is 0.192 e. The second kappa shape index (κ2) is 6.00. The third-order valence-electron chi connectivity index (χ3n) is 2.18. The van der Waals surface area contributed by atoms with Crippen LogP contribution >= 0.6 is 23.4 Å². The average Bonchev–Trinajstić information content (AvgIpc) is 2.34. The molecule has 2 N–H and O–H groups in total. The third kappa shape index (κ3) is 3.43. The van der Waals surface area contributed by atoms with Gasteiger partial charge in [-0.2, -0.15) is 0 Å². The molecule has 3 nitrogen and oxygen atoms in total. The molecule has 0 saturated heterocycles. The quantitative estimate of drug-likeness (QED) is 0.864. The summed E-state index contributed by atoms with van der Waals surface area (Å²) in [6.07, 6.45) is 4.26. The van der Waals surface area contributed by atoms with Crippen molar-refractivity contribution < 1.29 is 0 Å². The van der Waals surface area contributed by atoms with Crippen LogP contribution in [-0.4, -0.2) is 16.5 Å². The Balaban J connectivity index is 2.26. The summed E-state index contributed by atoms with van der Waals surface area (Å²) < 4.78 is 0. The summed E-state index contributed by atoms with van der Waals surface area (Å²) in [7, 11) is 0. The van der Waals surface area contributed by atoms with E-state index in [2.05, 4.69) is 9.97 Å². The first kappa shape index (κ1) is 12.4. The summed E-state index contributed by atoms with van der Waals surface area (Å²) in [6, 6.07) is 7.59. The second-order valence-corrected chi connectivity index (χ2v) is 4.87. The molecular weight excluding hydrogens is 254 g/mol. The largest absolute Gasteiger partial charge is 0.330 e. The van der Waals surface area contributed by atoms with Gasteiger partial charge in [-0.15, -0.1) is 0 Å². The van der Waals surface area contributed by atoms with Gasteiger partial charge < -0.3 is 5.73 Å². The normalized spacial score (nSPS) is 10.5. The molecule has 0 aliphatic carbocycles. The highest BCUT2D eigenvalue weighted by molar-refractivity contribution is 7.99. The van der Waals surface area contributed by atoms with E-state index < -0.39 is 0 Å². The minimum atomic E-state index is 0.601. The van der Waals surface area contributed by atoms with Crippen molar-refractivity contribution in [2.75, 3.05) is 6.54 Å². The van der Waals surface area contributed by atoms with E-state index in [4.69, 9.17) is 17.3 Å². The zero-order chi connectivity index (χ0) is 12.1. The fourth-order valence-electron chi connectivity index (χ4n) is 1.43. The van der Waals surface area contributed by atoms with Crippen LogP contribution in [0, 0.1) is 0 Å². The molecule has 0 bridgehead atoms. The van der Waals surface area contributed by atoms with Crippen molar-refractivity contribution in [2.24, 2.45) is 5.73 Å². The minimum Gasteiger partial charge on any atom is -0.330 e. The van der Waals surface area contributed by atoms with E-state index in [9.17, 15) is 0 Å². The standard InChI is InChI=1S/C12H12ClN3S/c13-10-2-3-11(9(8-10)4-5-14)17-12-15-6-1-7-16-12/h1-3,6-8H,4-5,14H2. The molecule has 17 heavy (non-hydrogen) atoms. The molecule has 0 unspecified atom stereocenters. The number of benzene rings is 1. The highest BCUT2D eigenvalue weighted by Gasteiger charge is 2.06. The number of hydrogen-bond donors (Lipinski definition) is 1. The van der Waals surface area contributed by atoms with Crippen molar-refractivity contribution in [3.8, 4) is 0 Å². The van der Waals surface area contributed by atoms with E-state index in [1.807, 2.05) is 18.2 Å². The lowest BCUT2D eigenvalue weighted by atomic mass is 10.1. The Kier molecular flexibility index (Phi) is 4.36. The van der Waals surface area contributed by atoms with E-state index in [0.717, 1.165) is 27.1 Å². The molecular formula is C12H12ClN3S. The Hall–Kier alpha value is -1.10. The topological polar surface area (TPSA) is 51.8 Å². The zero-order valence-electron chi connectivity index (χ0n) is 9.14. The molecule has 0 atom stereocenters. The van der Waals surface area contributed by atoms with Gasteiger partial charge >= 0.3 is 0 Å². The highest BCUT2D eigenvalue weighted by Crippen LogP contribution is 2.29. The summed E-state index contributed by atoms with van der Waals surface area (Å²) in [5.74, 6) is 0. The predicted octanol–water partition coefficient (Wildman–Crippen LogP) is 2.78. The zero-order valence-corrected chi connectivity index (χ0v) is 10.7. The maximum atomic E-state index is 5.97. The van der Waals surface area contributed by atoms with Gasteiger partial charge in [0.1, 0.15) is 0 Å². The Morgan fingerprint density at radius 2 is 2.00 bits per heavy atom. The van der Waals surface area contributed by atoms with E-state index >= 15 is 0 Å². The number of nitrogens with zero attached hydrogens (tertiary/aromatic N) is 2. The van der Waals surface area contributed by atoms with E-state index in [-0.39, 0.29) is 0 Å². The van der Waals surface area contributed by atoms with Gasteiger partial charge in [0, 0.05) is 22.3 Å². The molecule has 0 fully saturated rings. The molecule has 1 aromatic heterocycles. The molecule has 0 saturated carbocycles. The van der Waals surface area contributed by atoms with Crippen LogP contribution in [0.3, 0.4) is 0 Å². The van der Waals surface area contributed by atoms with Crippen LogP contribution in [0.15, 0.2) is 46.7 Å². The van der Waals surface area contributed by atoms with Crippen molar-refractivity contribution in [1.82, 2.24) is 9.97 Å². The van der Waals surface area contributed by atoms with Crippen molar-refractivity contribution in [2.45, 2.75) is 16.5 Å². The lowest BCUT2D eigenvalue weighted by Crippen LogP contribution is -2.03. The van der Waals surface area contributed by atoms with Crippen molar-refractivity contribution in [3.63, 3.8) is 0 Å². The Morgan fingerprint density at radius 3 is 2.71 bits per heavy atom. The first-order valence-corrected chi connectivity index (χ1v) is 6.42. The van der Waals surface area contributed by atoms with Gasteiger partial charge in [0.15, 0.2) is 5.16 Å². The maximum Gasteiger partial charge on any atom is 0.192 e. The maximum absolute atomic E-state index is 5.97. The number of rotatable bonds is 4. The second-order valence-electron chi connectivity index (χ2n) is 3.42. The summed E-state index contributed by atoms with van der Waals surface area (Å²) in [5.41, 5.74) is 6.73. The molecule has 0 radical (unpaired) electrons. The monoisotopic (exact) mass is 265 g/mol. The number of hydrogen-bond acceptors (Lipinski definition) is 4. The number of nitrogens with two attached hydrogens (primary N) is 1. The van der Waals surface area contributed by atoms with Crippen LogP contribution in [0.25, 0.3) is 0 Å². The molecule has 2 rings (SSSR count). The molecule has 0 spiro atoms. The fourth-order valence-corrected chi connectivity index (χ4v) is 2.48. The molecule has 0 aliphatic heterocycles. The molecule has 0 amide bonds. The van der Waals surface area contributed by atoms with Gasteiger partial charge in [0.2, 0.25) is 0 Å². The van der Waals surface area contributed by atoms with Crippen molar-refractivity contribution >= 4 is 23.4 Å². The molecule has 1 heterocycles. The summed E-state index contributed by atoms with van der Waals surface area (Å²) >= 11 is 7.50. The van der Waals surface area contributed by atoms with Crippen LogP contribution in [0.1, 0.15) is 5.56 Å². The minimum absolute atomic E-state index is 0.601. The average molecular weight is 266 g/mol. The molecule has 0 aliphatic rings. The Bertz CT molecular complexity index is 490. The Labute approximate surface area is 109 Å². The molecule has 1 aromatic carbocycles. The third-order valence-corrected chi connectivity index (χ3v) is 3.43. The van der Waals surface area contributed by atoms with Crippen molar-refractivity contribution in [3.05, 3.63) is 47.2 Å². The SMILES string of the molecule is NCCc1cc(Cl)ccc1Sc1ncccn1. The first-order chi connectivity index (χ1) is 8.29. The summed E-state index contributed by atoms with van der Waals surface area (Å²) in [4.78, 5) is 9.47. The summed E-state index contributed by atoms with van der Waals surface area (Å²) in [5, 5.41) is 1.46. The van der Waals surface area contributed by atoms with Crippen molar-refractivity contribution in [1.29, 1.82) is 0 Å². The van der Waals surface area contributed by atoms with Crippen LogP contribution in [0.5, 0.6) is 0 Å². The lowest BCUT2D eigenvalue weighted by molar-refractivity contribution is 0.935. The van der Waals surface area contributed by atoms with E-state index in [0.29, 0.717) is 6.54 Å². The van der Waals surface area contributed by atoms with E-state index in [1.165, 1.54) is 11.8 Å². The van der Waals surface area contributed by atoms with Gasteiger partial charge in [0.05, 0.1) is 0 Å². The highest BCUT2D eigenvalue weighted by atomic mass is 35.5. The van der Waals surface area contributed by atoms with Crippen LogP contribution in [-0.2, 0) is 6.42 Å². The van der Waals surface area contributed by atoms with Gasteiger partial charge in [-0.25, -0.2) is 9.97 Å². The molecule has 2 aromatic rings. The summed E-state index contributed by atoms with van der Waals surface area (Å²) in [6.45, 7) is 0.601. The Morgan fingerprint density at radius 1 is 1.24 bits per heavy atom. The van der Waals surface area contributed by atoms with Gasteiger partial charge in [0.25, 0.3) is 0 Å². The molecule has 88 valence electrons. The van der Waals surface area contributed by atoms with Crippen LogP contribution in [0.4, 0.5) is 0 Å². The van der Waals surface area contributed by atoms with Gasteiger partial charge in [-0.1, -0.05) is 11.6 Å². The first-order valence-electron chi connectivity index (χ1n) is 5.23. The predicted molar refractivity (Wildman–Crippen MR) is 70.4 cm³/mol. The molecule has 5 heteroatoms. The number of aromatic nitrogens is 2. The van der Waals surface area contributed by atoms with Crippen LogP contribution < -0.4 is 5.73 Å². The number of halogens is 1. The fraction of sp³-hybridized carbons (Fsp3) is 0.167. The van der Waals surface area contributed by atoms with Gasteiger partial charge in [-0.3, -0.25) is 0 Å². The van der Waals surface area contributed by atoms with Crippen LogP contribution in [0.2, 0.25) is 5.02 Å². The van der Waals surface area contributed by atoms with E-state index in [1.54, 1.807) is 18.5 Å². The lowest BCUT2D eigenvalue weighted by Gasteiger charge is -2.07. The van der Waals surface area contributed by atoms with Gasteiger partial charge in [-0.05, 0) is 54.6 Å².